The summed E-state index contributed by atoms with van der Waals surface area (Å²) in [4.78, 5) is 16.6. The van der Waals surface area contributed by atoms with Crippen molar-refractivity contribution < 1.29 is 14.3 Å². The summed E-state index contributed by atoms with van der Waals surface area (Å²) in [5.41, 5.74) is 2.92. The van der Waals surface area contributed by atoms with Gasteiger partial charge in [0.05, 0.1) is 12.7 Å². The number of anilines is 1. The lowest BCUT2D eigenvalue weighted by Crippen LogP contribution is -2.54. The average Bonchev–Trinajstić information content (AvgIpc) is 2.73. The van der Waals surface area contributed by atoms with Crippen molar-refractivity contribution in [2.24, 2.45) is 23.2 Å². The summed E-state index contributed by atoms with van der Waals surface area (Å²) < 4.78 is 12.1. The van der Waals surface area contributed by atoms with Gasteiger partial charge < -0.3 is 9.47 Å². The van der Waals surface area contributed by atoms with Crippen LogP contribution in [0.3, 0.4) is 0 Å². The molecule has 29 heavy (non-hydrogen) atoms. The van der Waals surface area contributed by atoms with Crippen LogP contribution in [0.4, 0.5) is 10.5 Å². The highest BCUT2D eigenvalue weighted by Crippen LogP contribution is 2.56. The molecular weight excluding hydrogens is 364 g/mol. The molecule has 2 aliphatic rings. The lowest BCUT2D eigenvalue weighted by molar-refractivity contribution is -0.165. The zero-order valence-corrected chi connectivity index (χ0v) is 17.2. The SMILES string of the molecule is CC1=C[C@H](C)[C@@]2(COC(=O)Nc3ccccc3)CO[C@@H](c3cccnc3)[C@H]1[C@H]2C. The minimum Gasteiger partial charge on any atom is -0.449 e. The average molecular weight is 392 g/mol. The fraction of sp³-hybridized carbons (Fsp3) is 0.417. The van der Waals surface area contributed by atoms with Gasteiger partial charge in [-0.15, -0.1) is 0 Å². The summed E-state index contributed by atoms with van der Waals surface area (Å²) >= 11 is 0. The van der Waals surface area contributed by atoms with E-state index in [0.29, 0.717) is 19.1 Å². The second kappa shape index (κ2) is 7.99. The lowest BCUT2D eigenvalue weighted by Gasteiger charge is -2.55. The summed E-state index contributed by atoms with van der Waals surface area (Å²) in [6.45, 7) is 7.52. The van der Waals surface area contributed by atoms with Crippen LogP contribution < -0.4 is 5.32 Å². The second-order valence-electron chi connectivity index (χ2n) is 8.33. The lowest BCUT2D eigenvalue weighted by atomic mass is 9.56. The van der Waals surface area contributed by atoms with Crippen molar-refractivity contribution in [3.8, 4) is 0 Å². The summed E-state index contributed by atoms with van der Waals surface area (Å²) in [6, 6.07) is 13.4. The fourth-order valence-corrected chi connectivity index (χ4v) is 4.98. The molecule has 1 aromatic carbocycles. The minimum atomic E-state index is -0.429. The number of allylic oxidation sites excluding steroid dienone is 1. The fourth-order valence-electron chi connectivity index (χ4n) is 4.98. The maximum absolute atomic E-state index is 12.4. The molecule has 2 aromatic rings. The van der Waals surface area contributed by atoms with Crippen LogP contribution in [-0.2, 0) is 9.47 Å². The molecule has 5 nitrogen and oxygen atoms in total. The van der Waals surface area contributed by atoms with Crippen LogP contribution in [0.1, 0.15) is 32.4 Å². The summed E-state index contributed by atoms with van der Waals surface area (Å²) in [5.74, 6) is 0.809. The first-order valence-corrected chi connectivity index (χ1v) is 10.2. The molecule has 1 N–H and O–H groups in total. The van der Waals surface area contributed by atoms with E-state index in [1.54, 1.807) is 6.20 Å². The predicted molar refractivity (Wildman–Crippen MR) is 112 cm³/mol. The molecule has 1 aliphatic heterocycles. The predicted octanol–water partition coefficient (Wildman–Crippen LogP) is 5.24. The number of benzene rings is 1. The Kier molecular flexibility index (Phi) is 5.41. The molecule has 1 amide bonds. The monoisotopic (exact) mass is 392 g/mol. The molecular formula is C24H28N2O3. The van der Waals surface area contributed by atoms with Crippen molar-refractivity contribution in [3.05, 3.63) is 72.1 Å². The van der Waals surface area contributed by atoms with Crippen molar-refractivity contribution in [1.29, 1.82) is 0 Å². The Bertz CT molecular complexity index is 884. The number of carbonyl (C=O) groups is 1. The molecule has 0 spiro atoms. The molecule has 0 saturated carbocycles. The van der Waals surface area contributed by atoms with Gasteiger partial charge in [0, 0.05) is 29.4 Å². The summed E-state index contributed by atoms with van der Waals surface area (Å²) in [5, 5.41) is 2.80. The molecule has 1 saturated heterocycles. The van der Waals surface area contributed by atoms with Gasteiger partial charge in [0.2, 0.25) is 0 Å². The number of pyridine rings is 1. The van der Waals surface area contributed by atoms with E-state index in [1.165, 1.54) is 5.57 Å². The molecule has 5 heteroatoms. The van der Waals surface area contributed by atoms with Crippen molar-refractivity contribution in [2.45, 2.75) is 26.9 Å². The van der Waals surface area contributed by atoms with Crippen molar-refractivity contribution in [1.82, 2.24) is 4.98 Å². The number of aromatic nitrogens is 1. The number of nitrogens with one attached hydrogen (secondary N) is 1. The van der Waals surface area contributed by atoms with Crippen molar-refractivity contribution >= 4 is 11.8 Å². The van der Waals surface area contributed by atoms with E-state index in [9.17, 15) is 4.79 Å². The first-order valence-electron chi connectivity index (χ1n) is 10.2. The maximum atomic E-state index is 12.4. The molecule has 1 aromatic heterocycles. The zero-order chi connectivity index (χ0) is 20.4. The van der Waals surface area contributed by atoms with E-state index in [0.717, 1.165) is 11.3 Å². The van der Waals surface area contributed by atoms with E-state index in [4.69, 9.17) is 9.47 Å². The van der Waals surface area contributed by atoms with Gasteiger partial charge in [-0.2, -0.15) is 0 Å². The van der Waals surface area contributed by atoms with Gasteiger partial charge in [-0.05, 0) is 42.5 Å². The van der Waals surface area contributed by atoms with E-state index in [1.807, 2.05) is 42.6 Å². The molecule has 5 atom stereocenters. The van der Waals surface area contributed by atoms with Gasteiger partial charge in [0.1, 0.15) is 6.61 Å². The third-order valence-electron chi connectivity index (χ3n) is 6.75. The van der Waals surface area contributed by atoms with Crippen LogP contribution in [0.5, 0.6) is 0 Å². The van der Waals surface area contributed by atoms with E-state index >= 15 is 0 Å². The smallest absolute Gasteiger partial charge is 0.411 e. The number of ether oxygens (including phenoxy) is 2. The van der Waals surface area contributed by atoms with Gasteiger partial charge >= 0.3 is 6.09 Å². The van der Waals surface area contributed by atoms with Crippen LogP contribution in [0.15, 0.2) is 66.5 Å². The number of hydrogen-bond donors (Lipinski definition) is 1. The number of para-hydroxylation sites is 1. The topological polar surface area (TPSA) is 60.5 Å². The molecule has 0 unspecified atom stereocenters. The number of rotatable bonds is 4. The highest BCUT2D eigenvalue weighted by atomic mass is 16.6. The highest BCUT2D eigenvalue weighted by molar-refractivity contribution is 5.84. The maximum Gasteiger partial charge on any atom is 0.411 e. The van der Waals surface area contributed by atoms with Crippen LogP contribution in [-0.4, -0.2) is 24.3 Å². The number of fused-ring (bicyclic) bond motifs is 2. The standard InChI is InChI=1S/C24H28N2O3/c1-16-12-17(2)24(15-29-23(27)26-20-9-5-4-6-10-20)14-28-22(21(16)18(24)3)19-8-7-11-25-13-19/h4-13,17-18,21-22H,14-15H2,1-3H3,(H,26,27)/t17-,18+,21+,22-,24-/m0/s1. The van der Waals surface area contributed by atoms with E-state index in [2.05, 4.69) is 43.2 Å². The molecule has 1 fully saturated rings. The molecule has 152 valence electrons. The van der Waals surface area contributed by atoms with Crippen LogP contribution in [0, 0.1) is 23.2 Å². The van der Waals surface area contributed by atoms with Crippen LogP contribution in [0.2, 0.25) is 0 Å². The third kappa shape index (κ3) is 3.67. The molecule has 2 bridgehead atoms. The van der Waals surface area contributed by atoms with Crippen LogP contribution in [0.25, 0.3) is 0 Å². The third-order valence-corrected chi connectivity index (χ3v) is 6.75. The molecule has 4 rings (SSSR count). The largest absolute Gasteiger partial charge is 0.449 e. The second-order valence-corrected chi connectivity index (χ2v) is 8.33. The number of nitrogens with zero attached hydrogens (tertiary/aromatic N) is 1. The highest BCUT2D eigenvalue weighted by Gasteiger charge is 2.54. The van der Waals surface area contributed by atoms with Gasteiger partial charge in [-0.3, -0.25) is 10.3 Å². The summed E-state index contributed by atoms with van der Waals surface area (Å²) in [7, 11) is 0. The number of carbonyl (C=O) groups excluding carboxylic acids is 1. The van der Waals surface area contributed by atoms with Gasteiger partial charge in [-0.1, -0.05) is 49.8 Å². The normalized spacial score (nSPS) is 30.9. The van der Waals surface area contributed by atoms with Crippen molar-refractivity contribution in [3.63, 3.8) is 0 Å². The molecule has 2 heterocycles. The van der Waals surface area contributed by atoms with E-state index in [-0.39, 0.29) is 23.4 Å². The number of amides is 1. The minimum absolute atomic E-state index is 0.0197. The Morgan fingerprint density at radius 3 is 2.76 bits per heavy atom. The van der Waals surface area contributed by atoms with Crippen molar-refractivity contribution in [2.75, 3.05) is 18.5 Å². The zero-order valence-electron chi connectivity index (χ0n) is 17.2. The van der Waals surface area contributed by atoms with Gasteiger partial charge in [0.15, 0.2) is 0 Å². The van der Waals surface area contributed by atoms with Crippen LogP contribution >= 0.6 is 0 Å². The van der Waals surface area contributed by atoms with Gasteiger partial charge in [-0.25, -0.2) is 4.79 Å². The van der Waals surface area contributed by atoms with E-state index < -0.39 is 6.09 Å². The Morgan fingerprint density at radius 1 is 1.24 bits per heavy atom. The summed E-state index contributed by atoms with van der Waals surface area (Å²) in [6.07, 6.45) is 5.55. The first-order chi connectivity index (χ1) is 14.0. The quantitative estimate of drug-likeness (QED) is 0.723. The molecule has 1 aliphatic carbocycles. The Balaban J connectivity index is 1.52. The molecule has 0 radical (unpaired) electrons. The Hall–Kier alpha value is -2.66. The Labute approximate surface area is 172 Å². The Morgan fingerprint density at radius 2 is 2.03 bits per heavy atom. The van der Waals surface area contributed by atoms with Gasteiger partial charge in [0.25, 0.3) is 0 Å². The number of hydrogen-bond acceptors (Lipinski definition) is 4. The first kappa shape index (κ1) is 19.6.